The largest absolute Gasteiger partial charge is 0.406 e. The average Bonchev–Trinajstić information content (AvgIpc) is 2.09. The van der Waals surface area contributed by atoms with Gasteiger partial charge in [0, 0.05) is 20.0 Å². The molecule has 0 aliphatic heterocycles. The maximum Gasteiger partial charge on any atom is 0.388 e. The number of alkyl halides is 6. The highest BCUT2D eigenvalue weighted by Gasteiger charge is 2.41. The second-order valence-electron chi connectivity index (χ2n) is 3.32. The van der Waals surface area contributed by atoms with Crippen molar-refractivity contribution >= 4 is 18.7 Å². The molecule has 0 atom stereocenters. The second-order valence-corrected chi connectivity index (χ2v) is 8.56. The van der Waals surface area contributed by atoms with E-state index in [0.717, 1.165) is 7.11 Å². The monoisotopic (exact) mass is 288 g/mol. The summed E-state index contributed by atoms with van der Waals surface area (Å²) >= 11 is 5.65. The minimum absolute atomic E-state index is 0.565. The Bertz CT molecular complexity index is 198. The van der Waals surface area contributed by atoms with Crippen LogP contribution in [0.4, 0.5) is 26.3 Å². The predicted molar refractivity (Wildman–Crippen MR) is 49.6 cm³/mol. The first kappa shape index (κ1) is 16.0. The molecule has 0 aliphatic rings. The van der Waals surface area contributed by atoms with E-state index in [1.807, 2.05) is 0 Å². The minimum Gasteiger partial charge on any atom is -0.406 e. The lowest BCUT2D eigenvalue weighted by molar-refractivity contribution is -0.132. The van der Waals surface area contributed by atoms with Crippen LogP contribution >= 0.6 is 11.1 Å². The normalized spacial score (nSPS) is 14.2. The molecule has 0 unspecified atom stereocenters. The summed E-state index contributed by atoms with van der Waals surface area (Å²) in [6.07, 6.45) is -11.3. The summed E-state index contributed by atoms with van der Waals surface area (Å²) in [5.74, 6) is 0. The summed E-state index contributed by atoms with van der Waals surface area (Å²) in [7, 11) is -2.36. The molecule has 98 valence electrons. The first-order valence-corrected chi connectivity index (χ1v) is 7.68. The van der Waals surface area contributed by atoms with E-state index >= 15 is 0 Å². The van der Waals surface area contributed by atoms with Crippen molar-refractivity contribution in [3.63, 3.8) is 0 Å². The third-order valence-corrected chi connectivity index (χ3v) is 6.25. The molecule has 0 aliphatic carbocycles. The summed E-state index contributed by atoms with van der Waals surface area (Å²) in [6, 6.07) is -1.13. The van der Waals surface area contributed by atoms with Gasteiger partial charge in [0.05, 0.1) is 0 Å². The molecule has 0 aromatic carbocycles. The van der Waals surface area contributed by atoms with Crippen molar-refractivity contribution in [3.8, 4) is 0 Å². The van der Waals surface area contributed by atoms with Crippen LogP contribution < -0.4 is 0 Å². The molecule has 0 saturated carbocycles. The standard InChI is InChI=1S/C7H11ClF6OSi/c1-15-16(8,4-2-6(9,10)11)5-3-7(12,13)14/h2-5H2,1H3. The van der Waals surface area contributed by atoms with Gasteiger partial charge in [-0.05, 0) is 12.1 Å². The van der Waals surface area contributed by atoms with E-state index < -0.39 is 44.9 Å². The average molecular weight is 289 g/mol. The fourth-order valence-corrected chi connectivity index (χ4v) is 3.52. The molecule has 0 aromatic heterocycles. The van der Waals surface area contributed by atoms with E-state index in [1.54, 1.807) is 0 Å². The van der Waals surface area contributed by atoms with Gasteiger partial charge in [-0.25, -0.2) is 0 Å². The van der Waals surface area contributed by atoms with Crippen LogP contribution in [0, 0.1) is 0 Å². The fourth-order valence-electron chi connectivity index (χ4n) is 0.986. The van der Waals surface area contributed by atoms with Gasteiger partial charge in [0.25, 0.3) is 7.63 Å². The number of hydrogen-bond acceptors (Lipinski definition) is 1. The lowest BCUT2D eigenvalue weighted by Gasteiger charge is -2.23. The Morgan fingerprint density at radius 3 is 1.44 bits per heavy atom. The Balaban J connectivity index is 4.21. The maximum atomic E-state index is 11.9. The van der Waals surface area contributed by atoms with Gasteiger partial charge in [-0.15, -0.1) is 11.1 Å². The topological polar surface area (TPSA) is 9.23 Å². The van der Waals surface area contributed by atoms with Gasteiger partial charge in [0.15, 0.2) is 0 Å². The van der Waals surface area contributed by atoms with Gasteiger partial charge >= 0.3 is 12.4 Å². The third kappa shape index (κ3) is 8.23. The molecule has 1 nitrogen and oxygen atoms in total. The minimum atomic E-state index is -4.43. The number of hydrogen-bond donors (Lipinski definition) is 0. The third-order valence-electron chi connectivity index (χ3n) is 1.93. The van der Waals surface area contributed by atoms with Crippen molar-refractivity contribution in [3.05, 3.63) is 0 Å². The summed E-state index contributed by atoms with van der Waals surface area (Å²) in [5, 5.41) is 0. The van der Waals surface area contributed by atoms with Crippen LogP contribution in [0.2, 0.25) is 12.1 Å². The molecule has 0 bridgehead atoms. The molecule has 0 saturated heterocycles. The second kappa shape index (κ2) is 5.59. The quantitative estimate of drug-likeness (QED) is 0.418. The number of rotatable bonds is 5. The molecule has 0 radical (unpaired) electrons. The van der Waals surface area contributed by atoms with Gasteiger partial charge < -0.3 is 4.43 Å². The highest BCUT2D eigenvalue weighted by atomic mass is 35.6. The molecule has 0 rings (SSSR count). The first-order valence-electron chi connectivity index (χ1n) is 4.35. The van der Waals surface area contributed by atoms with E-state index in [9.17, 15) is 26.3 Å². The lowest BCUT2D eigenvalue weighted by atomic mass is 10.5. The highest BCUT2D eigenvalue weighted by molar-refractivity contribution is 7.16. The Morgan fingerprint density at radius 1 is 0.938 bits per heavy atom. The van der Waals surface area contributed by atoms with Crippen LogP contribution in [0.3, 0.4) is 0 Å². The van der Waals surface area contributed by atoms with Crippen LogP contribution in [0.15, 0.2) is 0 Å². The summed E-state index contributed by atoms with van der Waals surface area (Å²) in [4.78, 5) is 0. The molecular formula is C7H11ClF6OSi. The molecule has 0 fully saturated rings. The van der Waals surface area contributed by atoms with Crippen LogP contribution in [0.1, 0.15) is 12.8 Å². The fraction of sp³-hybridized carbons (Fsp3) is 1.00. The van der Waals surface area contributed by atoms with E-state index in [1.165, 1.54) is 0 Å². The molecule has 0 spiro atoms. The van der Waals surface area contributed by atoms with Crippen LogP contribution in [-0.2, 0) is 4.43 Å². The molecule has 0 amide bonds. The van der Waals surface area contributed by atoms with Crippen molar-refractivity contribution in [2.24, 2.45) is 0 Å². The van der Waals surface area contributed by atoms with Crippen molar-refractivity contribution < 1.29 is 30.8 Å². The first-order chi connectivity index (χ1) is 6.97. The van der Waals surface area contributed by atoms with Crippen LogP contribution in [0.5, 0.6) is 0 Å². The predicted octanol–water partition coefficient (Wildman–Crippen LogP) is 4.22. The smallest absolute Gasteiger partial charge is 0.388 e. The van der Waals surface area contributed by atoms with E-state index in [-0.39, 0.29) is 0 Å². The summed E-state index contributed by atoms with van der Waals surface area (Å²) in [5.41, 5.74) is 0. The maximum absolute atomic E-state index is 11.9. The molecular weight excluding hydrogens is 278 g/mol. The summed E-state index contributed by atoms with van der Waals surface area (Å²) in [6.45, 7) is 0. The van der Waals surface area contributed by atoms with Crippen LogP contribution in [-0.4, -0.2) is 27.1 Å². The lowest BCUT2D eigenvalue weighted by Crippen LogP contribution is -2.33. The Morgan fingerprint density at radius 2 is 1.25 bits per heavy atom. The molecule has 16 heavy (non-hydrogen) atoms. The van der Waals surface area contributed by atoms with Gasteiger partial charge in [0.1, 0.15) is 0 Å². The van der Waals surface area contributed by atoms with E-state index in [2.05, 4.69) is 4.43 Å². The SMILES string of the molecule is CO[Si](Cl)(CCC(F)(F)F)CCC(F)(F)F. The Kier molecular flexibility index (Phi) is 5.61. The van der Waals surface area contributed by atoms with E-state index in [0.29, 0.717) is 0 Å². The highest BCUT2D eigenvalue weighted by Crippen LogP contribution is 2.34. The van der Waals surface area contributed by atoms with Crippen LogP contribution in [0.25, 0.3) is 0 Å². The number of halogens is 7. The van der Waals surface area contributed by atoms with Crippen molar-refractivity contribution in [2.45, 2.75) is 37.3 Å². The van der Waals surface area contributed by atoms with Gasteiger partial charge in [-0.2, -0.15) is 26.3 Å². The summed E-state index contributed by atoms with van der Waals surface area (Å²) < 4.78 is 75.9. The molecule has 9 heteroatoms. The van der Waals surface area contributed by atoms with Gasteiger partial charge in [-0.1, -0.05) is 0 Å². The zero-order chi connectivity index (χ0) is 13.0. The molecule has 0 aromatic rings. The van der Waals surface area contributed by atoms with Gasteiger partial charge in [0.2, 0.25) is 0 Å². The van der Waals surface area contributed by atoms with Crippen molar-refractivity contribution in [2.75, 3.05) is 7.11 Å². The Hall–Kier alpha value is 0.0469. The van der Waals surface area contributed by atoms with E-state index in [4.69, 9.17) is 11.1 Å². The zero-order valence-corrected chi connectivity index (χ0v) is 10.1. The molecule has 0 N–H and O–H groups in total. The zero-order valence-electron chi connectivity index (χ0n) is 8.38. The Labute approximate surface area is 94.5 Å². The molecule has 0 heterocycles. The van der Waals surface area contributed by atoms with Crippen molar-refractivity contribution in [1.82, 2.24) is 0 Å². The van der Waals surface area contributed by atoms with Crippen molar-refractivity contribution in [1.29, 1.82) is 0 Å². The van der Waals surface area contributed by atoms with Gasteiger partial charge in [-0.3, -0.25) is 0 Å².